The van der Waals surface area contributed by atoms with Crippen molar-refractivity contribution in [2.75, 3.05) is 0 Å². The Bertz CT molecular complexity index is 917. The number of rotatable bonds is 4. The molecular weight excluding hydrogens is 318 g/mol. The lowest BCUT2D eigenvalue weighted by Crippen LogP contribution is -2.20. The lowest BCUT2D eigenvalue weighted by Gasteiger charge is -2.23. The van der Waals surface area contributed by atoms with Crippen molar-refractivity contribution in [3.8, 4) is 5.75 Å². The van der Waals surface area contributed by atoms with E-state index in [0.29, 0.717) is 6.10 Å². The van der Waals surface area contributed by atoms with E-state index in [0.717, 1.165) is 17.0 Å². The molecule has 0 radical (unpaired) electrons. The molecule has 1 aliphatic carbocycles. The van der Waals surface area contributed by atoms with Crippen LogP contribution in [0.15, 0.2) is 54.7 Å². The third-order valence-corrected chi connectivity index (χ3v) is 5.18. The summed E-state index contributed by atoms with van der Waals surface area (Å²) in [6, 6.07) is 16.9. The Morgan fingerprint density at radius 2 is 1.77 bits per heavy atom. The van der Waals surface area contributed by atoms with E-state index in [-0.39, 0.29) is 0 Å². The third kappa shape index (κ3) is 3.80. The van der Waals surface area contributed by atoms with Crippen LogP contribution in [0.3, 0.4) is 0 Å². The number of aryl methyl sites for hydroxylation is 1. The van der Waals surface area contributed by atoms with Gasteiger partial charge < -0.3 is 4.74 Å². The molecule has 1 fully saturated rings. The standard InChI is InChI=1S/C24H25NO/c1-18-17-25-21(16-24(18)26-22-11-3-2-4-12-22)15-14-20-10-7-9-19-8-5-6-13-23(19)20/h5-10,13-17,22H,2-4,11-12H2,1H3/b15-14-. The number of fused-ring (bicyclic) bond motifs is 1. The molecule has 4 rings (SSSR count). The monoisotopic (exact) mass is 343 g/mol. The van der Waals surface area contributed by atoms with Crippen LogP contribution >= 0.6 is 0 Å². The molecule has 26 heavy (non-hydrogen) atoms. The zero-order valence-electron chi connectivity index (χ0n) is 15.3. The molecule has 2 aromatic carbocycles. The van der Waals surface area contributed by atoms with Gasteiger partial charge in [0.25, 0.3) is 0 Å². The molecule has 0 aliphatic heterocycles. The van der Waals surface area contributed by atoms with Crippen LogP contribution in [-0.4, -0.2) is 11.1 Å². The lowest BCUT2D eigenvalue weighted by molar-refractivity contribution is 0.154. The zero-order valence-corrected chi connectivity index (χ0v) is 15.3. The van der Waals surface area contributed by atoms with E-state index in [1.54, 1.807) is 0 Å². The highest BCUT2D eigenvalue weighted by atomic mass is 16.5. The SMILES string of the molecule is Cc1cnc(/C=C\c2cccc3ccccc23)cc1OC1CCCCC1. The van der Waals surface area contributed by atoms with Gasteiger partial charge in [-0.25, -0.2) is 0 Å². The average molecular weight is 343 g/mol. The highest BCUT2D eigenvalue weighted by molar-refractivity contribution is 5.92. The van der Waals surface area contributed by atoms with Gasteiger partial charge in [-0.05, 0) is 55.0 Å². The lowest BCUT2D eigenvalue weighted by atomic mass is 9.98. The smallest absolute Gasteiger partial charge is 0.126 e. The van der Waals surface area contributed by atoms with Gasteiger partial charge in [0.05, 0.1) is 11.8 Å². The van der Waals surface area contributed by atoms with Crippen LogP contribution in [0, 0.1) is 6.92 Å². The second-order valence-electron chi connectivity index (χ2n) is 7.15. The van der Waals surface area contributed by atoms with Gasteiger partial charge in [0.1, 0.15) is 5.75 Å². The van der Waals surface area contributed by atoms with E-state index in [1.807, 2.05) is 6.20 Å². The predicted octanol–water partition coefficient (Wildman–Crippen LogP) is 6.43. The van der Waals surface area contributed by atoms with Crippen LogP contribution in [0.25, 0.3) is 22.9 Å². The molecule has 0 amide bonds. The number of hydrogen-bond donors (Lipinski definition) is 0. The molecule has 1 aromatic heterocycles. The van der Waals surface area contributed by atoms with Gasteiger partial charge in [-0.1, -0.05) is 55.0 Å². The van der Waals surface area contributed by atoms with Crippen molar-refractivity contribution in [3.63, 3.8) is 0 Å². The average Bonchev–Trinajstić information content (AvgIpc) is 2.69. The van der Waals surface area contributed by atoms with Gasteiger partial charge in [0.15, 0.2) is 0 Å². The van der Waals surface area contributed by atoms with Crippen molar-refractivity contribution in [2.24, 2.45) is 0 Å². The van der Waals surface area contributed by atoms with Crippen LogP contribution in [0.2, 0.25) is 0 Å². The largest absolute Gasteiger partial charge is 0.490 e. The first-order valence-corrected chi connectivity index (χ1v) is 9.59. The molecule has 0 atom stereocenters. The fraction of sp³-hybridized carbons (Fsp3) is 0.292. The van der Waals surface area contributed by atoms with Crippen molar-refractivity contribution in [2.45, 2.75) is 45.1 Å². The topological polar surface area (TPSA) is 22.1 Å². The van der Waals surface area contributed by atoms with Gasteiger partial charge in [0, 0.05) is 17.8 Å². The summed E-state index contributed by atoms with van der Waals surface area (Å²) in [5, 5.41) is 2.52. The summed E-state index contributed by atoms with van der Waals surface area (Å²) in [4.78, 5) is 4.56. The van der Waals surface area contributed by atoms with E-state index in [4.69, 9.17) is 4.74 Å². The molecular formula is C24H25NO. The minimum absolute atomic E-state index is 0.361. The maximum Gasteiger partial charge on any atom is 0.126 e. The van der Waals surface area contributed by atoms with Gasteiger partial charge in [-0.3, -0.25) is 4.98 Å². The summed E-state index contributed by atoms with van der Waals surface area (Å²) in [6.07, 6.45) is 12.7. The number of nitrogens with zero attached hydrogens (tertiary/aromatic N) is 1. The summed E-state index contributed by atoms with van der Waals surface area (Å²) in [5.41, 5.74) is 3.26. The summed E-state index contributed by atoms with van der Waals surface area (Å²) in [6.45, 7) is 2.07. The molecule has 2 nitrogen and oxygen atoms in total. The minimum Gasteiger partial charge on any atom is -0.490 e. The van der Waals surface area contributed by atoms with Gasteiger partial charge >= 0.3 is 0 Å². The maximum absolute atomic E-state index is 6.28. The Hall–Kier alpha value is -2.61. The van der Waals surface area contributed by atoms with Crippen molar-refractivity contribution in [3.05, 3.63) is 71.5 Å². The first-order valence-electron chi connectivity index (χ1n) is 9.59. The van der Waals surface area contributed by atoms with E-state index in [1.165, 1.54) is 48.4 Å². The Labute approximate surface area is 155 Å². The van der Waals surface area contributed by atoms with Crippen molar-refractivity contribution < 1.29 is 4.74 Å². The quantitative estimate of drug-likeness (QED) is 0.545. The van der Waals surface area contributed by atoms with Crippen molar-refractivity contribution >= 4 is 22.9 Å². The second-order valence-corrected chi connectivity index (χ2v) is 7.15. The Kier molecular flexibility index (Phi) is 5.01. The molecule has 0 bridgehead atoms. The Balaban J connectivity index is 1.57. The van der Waals surface area contributed by atoms with E-state index in [2.05, 4.69) is 72.6 Å². The molecule has 132 valence electrons. The first-order chi connectivity index (χ1) is 12.8. The highest BCUT2D eigenvalue weighted by Gasteiger charge is 2.16. The van der Waals surface area contributed by atoms with Crippen LogP contribution in [0.5, 0.6) is 5.75 Å². The van der Waals surface area contributed by atoms with Crippen molar-refractivity contribution in [1.29, 1.82) is 0 Å². The number of aromatic nitrogens is 1. The van der Waals surface area contributed by atoms with E-state index < -0.39 is 0 Å². The molecule has 0 saturated heterocycles. The van der Waals surface area contributed by atoms with E-state index >= 15 is 0 Å². The molecule has 1 aliphatic rings. The maximum atomic E-state index is 6.28. The number of hydrogen-bond acceptors (Lipinski definition) is 2. The summed E-state index contributed by atoms with van der Waals surface area (Å²) in [5.74, 6) is 0.976. The van der Waals surface area contributed by atoms with Gasteiger partial charge in [-0.15, -0.1) is 0 Å². The molecule has 3 aromatic rings. The molecule has 0 unspecified atom stereocenters. The summed E-state index contributed by atoms with van der Waals surface area (Å²) < 4.78 is 6.28. The van der Waals surface area contributed by atoms with Gasteiger partial charge in [-0.2, -0.15) is 0 Å². The third-order valence-electron chi connectivity index (χ3n) is 5.18. The highest BCUT2D eigenvalue weighted by Crippen LogP contribution is 2.27. The normalized spacial score (nSPS) is 15.6. The van der Waals surface area contributed by atoms with Crippen LogP contribution in [-0.2, 0) is 0 Å². The molecule has 0 N–H and O–H groups in total. The molecule has 1 heterocycles. The Morgan fingerprint density at radius 1 is 0.962 bits per heavy atom. The first kappa shape index (κ1) is 16.8. The van der Waals surface area contributed by atoms with Crippen molar-refractivity contribution in [1.82, 2.24) is 4.98 Å². The fourth-order valence-electron chi connectivity index (χ4n) is 3.67. The zero-order chi connectivity index (χ0) is 17.8. The number of ether oxygens (including phenoxy) is 1. The minimum atomic E-state index is 0.361. The molecule has 0 spiro atoms. The number of pyridine rings is 1. The van der Waals surface area contributed by atoms with E-state index in [9.17, 15) is 0 Å². The predicted molar refractivity (Wildman–Crippen MR) is 109 cm³/mol. The second kappa shape index (κ2) is 7.74. The summed E-state index contributed by atoms with van der Waals surface area (Å²) >= 11 is 0. The molecule has 2 heteroatoms. The van der Waals surface area contributed by atoms with Crippen LogP contribution in [0.4, 0.5) is 0 Å². The van der Waals surface area contributed by atoms with Crippen LogP contribution in [0.1, 0.15) is 48.9 Å². The summed E-state index contributed by atoms with van der Waals surface area (Å²) in [7, 11) is 0. The van der Waals surface area contributed by atoms with Crippen LogP contribution < -0.4 is 4.74 Å². The molecule has 1 saturated carbocycles. The van der Waals surface area contributed by atoms with Gasteiger partial charge in [0.2, 0.25) is 0 Å². The fourth-order valence-corrected chi connectivity index (χ4v) is 3.67. The number of benzene rings is 2. The Morgan fingerprint density at radius 3 is 2.65 bits per heavy atom.